The van der Waals surface area contributed by atoms with Crippen LogP contribution in [0.4, 0.5) is 0 Å². The molecule has 0 saturated heterocycles. The molecule has 0 aromatic heterocycles. The molecule has 62 valence electrons. The van der Waals surface area contributed by atoms with Gasteiger partial charge in [-0.2, -0.15) is 0 Å². The summed E-state index contributed by atoms with van der Waals surface area (Å²) in [6.45, 7) is 5.47. The minimum absolute atomic E-state index is 0.845. The van der Waals surface area contributed by atoms with Crippen LogP contribution in [0.25, 0.3) is 0 Å². The highest BCUT2D eigenvalue weighted by Crippen LogP contribution is 2.21. The van der Waals surface area contributed by atoms with Crippen molar-refractivity contribution in [3.63, 3.8) is 0 Å². The van der Waals surface area contributed by atoms with E-state index in [2.05, 4.69) is 47.9 Å². The van der Waals surface area contributed by atoms with E-state index in [1.807, 2.05) is 12.1 Å². The Labute approximate surface area is 85.9 Å². The van der Waals surface area contributed by atoms with Crippen LogP contribution < -0.4 is 4.74 Å². The van der Waals surface area contributed by atoms with Gasteiger partial charge in [0.25, 0.3) is 0 Å². The molecule has 0 aliphatic carbocycles. The van der Waals surface area contributed by atoms with E-state index in [9.17, 15) is 0 Å². The van der Waals surface area contributed by atoms with E-state index < -0.39 is 0 Å². The normalized spacial score (nSPS) is 8.83. The van der Waals surface area contributed by atoms with Crippen LogP contribution in [-0.2, 0) is 0 Å². The molecule has 0 amide bonds. The first-order valence-corrected chi connectivity index (χ1v) is 4.59. The van der Waals surface area contributed by atoms with Crippen molar-refractivity contribution in [1.29, 1.82) is 0 Å². The van der Waals surface area contributed by atoms with Crippen molar-refractivity contribution in [1.82, 2.24) is 0 Å². The van der Waals surface area contributed by atoms with Crippen LogP contribution in [0.2, 0.25) is 0 Å². The number of ether oxygens (including phenoxy) is 1. The van der Waals surface area contributed by atoms with Crippen molar-refractivity contribution < 1.29 is 4.74 Å². The lowest BCUT2D eigenvalue weighted by molar-refractivity contribution is 0.479. The molecule has 1 nitrogen and oxygen atoms in total. The van der Waals surface area contributed by atoms with Gasteiger partial charge in [0.15, 0.2) is 0 Å². The molecule has 0 spiro atoms. The molecule has 12 heavy (non-hydrogen) atoms. The van der Waals surface area contributed by atoms with Crippen molar-refractivity contribution in [3.8, 4) is 5.75 Å². The van der Waals surface area contributed by atoms with Gasteiger partial charge < -0.3 is 4.74 Å². The molecule has 1 rings (SSSR count). The van der Waals surface area contributed by atoms with E-state index in [-0.39, 0.29) is 0 Å². The lowest BCUT2D eigenvalue weighted by Crippen LogP contribution is -1.85. The zero-order valence-electron chi connectivity index (χ0n) is 6.80. The summed E-state index contributed by atoms with van der Waals surface area (Å²) in [7, 11) is 0. The molecule has 0 aliphatic heterocycles. The van der Waals surface area contributed by atoms with Gasteiger partial charge in [-0.15, -0.1) is 0 Å². The third-order valence-electron chi connectivity index (χ3n) is 1.36. The van der Waals surface area contributed by atoms with E-state index >= 15 is 0 Å². The molecular formula is C10H9IO. The maximum absolute atomic E-state index is 5.23. The van der Waals surface area contributed by atoms with Crippen LogP contribution in [0.15, 0.2) is 36.8 Å². The number of halogens is 1. The molecular weight excluding hydrogens is 263 g/mol. The second kappa shape index (κ2) is 4.33. The van der Waals surface area contributed by atoms with E-state index in [4.69, 9.17) is 4.74 Å². The number of benzene rings is 1. The summed E-state index contributed by atoms with van der Waals surface area (Å²) in [5.41, 5.74) is 3.79. The highest BCUT2D eigenvalue weighted by Gasteiger charge is 1.97. The van der Waals surface area contributed by atoms with E-state index in [1.54, 1.807) is 0 Å². The molecule has 0 fully saturated rings. The molecule has 0 aliphatic rings. The molecule has 0 N–H and O–H groups in total. The van der Waals surface area contributed by atoms with Crippen LogP contribution in [0.1, 0.15) is 5.56 Å². The van der Waals surface area contributed by atoms with Gasteiger partial charge in [0, 0.05) is 0 Å². The van der Waals surface area contributed by atoms with Crippen LogP contribution >= 0.6 is 22.6 Å². The summed E-state index contributed by atoms with van der Waals surface area (Å²) < 4.78 is 6.33. The molecule has 0 bridgehead atoms. The average Bonchev–Trinajstić information content (AvgIpc) is 2.03. The summed E-state index contributed by atoms with van der Waals surface area (Å²) in [4.78, 5) is 0. The maximum atomic E-state index is 5.23. The topological polar surface area (TPSA) is 9.23 Å². The standard InChI is InChI=1S/C10H9IO/c1-3-6-12-10-5-4-8(2)7-9(10)11/h4-7H,1H2,2H3. The molecule has 0 unspecified atom stereocenters. The Kier molecular flexibility index (Phi) is 3.38. The zero-order chi connectivity index (χ0) is 8.97. The summed E-state index contributed by atoms with van der Waals surface area (Å²) in [6, 6.07) is 6.01. The van der Waals surface area contributed by atoms with Crippen molar-refractivity contribution in [3.05, 3.63) is 45.9 Å². The zero-order valence-corrected chi connectivity index (χ0v) is 8.96. The average molecular weight is 272 g/mol. The Morgan fingerprint density at radius 3 is 2.92 bits per heavy atom. The van der Waals surface area contributed by atoms with Gasteiger partial charge in [-0.3, -0.25) is 0 Å². The molecule has 0 heterocycles. The highest BCUT2D eigenvalue weighted by atomic mass is 127. The molecule has 1 aromatic carbocycles. The van der Waals surface area contributed by atoms with E-state index in [1.165, 1.54) is 11.8 Å². The largest absolute Gasteiger partial charge is 0.456 e. The van der Waals surface area contributed by atoms with Crippen molar-refractivity contribution in [2.45, 2.75) is 6.92 Å². The molecule has 0 radical (unpaired) electrons. The summed E-state index contributed by atoms with van der Waals surface area (Å²) in [5.74, 6) is 0.845. The lowest BCUT2D eigenvalue weighted by atomic mass is 10.2. The quantitative estimate of drug-likeness (QED) is 0.456. The monoisotopic (exact) mass is 272 g/mol. The van der Waals surface area contributed by atoms with Gasteiger partial charge >= 0.3 is 0 Å². The molecule has 0 atom stereocenters. The predicted octanol–water partition coefficient (Wildman–Crippen LogP) is 3.28. The van der Waals surface area contributed by atoms with Crippen molar-refractivity contribution in [2.24, 2.45) is 0 Å². The number of hydrogen-bond acceptors (Lipinski definition) is 1. The predicted molar refractivity (Wildman–Crippen MR) is 58.2 cm³/mol. The number of aryl methyl sites for hydroxylation is 1. The Hall–Kier alpha value is -0.730. The van der Waals surface area contributed by atoms with Gasteiger partial charge in [0.05, 0.1) is 3.57 Å². The van der Waals surface area contributed by atoms with E-state index in [0.29, 0.717) is 0 Å². The Morgan fingerprint density at radius 1 is 1.58 bits per heavy atom. The summed E-state index contributed by atoms with van der Waals surface area (Å²) in [5, 5.41) is 0. The van der Waals surface area contributed by atoms with E-state index in [0.717, 1.165) is 9.32 Å². The fraction of sp³-hybridized carbons (Fsp3) is 0.100. The molecule has 2 heteroatoms. The van der Waals surface area contributed by atoms with Gasteiger partial charge in [0.1, 0.15) is 12.0 Å². The summed E-state index contributed by atoms with van der Waals surface area (Å²) >= 11 is 2.23. The number of hydrogen-bond donors (Lipinski definition) is 0. The fourth-order valence-corrected chi connectivity index (χ4v) is 1.60. The second-order valence-corrected chi connectivity index (χ2v) is 3.54. The van der Waals surface area contributed by atoms with Crippen molar-refractivity contribution in [2.75, 3.05) is 0 Å². The first kappa shape index (κ1) is 9.36. The summed E-state index contributed by atoms with van der Waals surface area (Å²) in [6.07, 6.45) is 1.45. The lowest BCUT2D eigenvalue weighted by Gasteiger charge is -2.02. The first-order valence-electron chi connectivity index (χ1n) is 3.51. The smallest absolute Gasteiger partial charge is 0.140 e. The minimum Gasteiger partial charge on any atom is -0.456 e. The van der Waals surface area contributed by atoms with Crippen LogP contribution in [0.5, 0.6) is 5.75 Å². The highest BCUT2D eigenvalue weighted by molar-refractivity contribution is 14.1. The van der Waals surface area contributed by atoms with Gasteiger partial charge in [-0.1, -0.05) is 18.4 Å². The molecule has 1 aromatic rings. The maximum Gasteiger partial charge on any atom is 0.140 e. The first-order chi connectivity index (χ1) is 5.74. The van der Waals surface area contributed by atoms with Crippen LogP contribution in [-0.4, -0.2) is 0 Å². The Balaban J connectivity index is 2.93. The molecule has 0 saturated carbocycles. The Morgan fingerprint density at radius 2 is 2.33 bits per heavy atom. The SMILES string of the molecule is C=C=COc1ccc(C)cc1I. The second-order valence-electron chi connectivity index (χ2n) is 2.37. The minimum atomic E-state index is 0.845. The van der Waals surface area contributed by atoms with Gasteiger partial charge in [-0.05, 0) is 47.2 Å². The van der Waals surface area contributed by atoms with Gasteiger partial charge in [-0.25, -0.2) is 0 Å². The third kappa shape index (κ3) is 2.40. The van der Waals surface area contributed by atoms with Crippen molar-refractivity contribution >= 4 is 22.6 Å². The van der Waals surface area contributed by atoms with Crippen LogP contribution in [0, 0.1) is 10.5 Å². The third-order valence-corrected chi connectivity index (χ3v) is 2.20. The Bertz CT molecular complexity index is 325. The fourth-order valence-electron chi connectivity index (χ4n) is 0.807. The van der Waals surface area contributed by atoms with Crippen LogP contribution in [0.3, 0.4) is 0 Å². The van der Waals surface area contributed by atoms with Gasteiger partial charge in [0.2, 0.25) is 0 Å². The number of rotatable bonds is 2.